The number of amides is 1. The second-order valence-electron chi connectivity index (χ2n) is 10.7. The minimum atomic E-state index is -3.88. The Morgan fingerprint density at radius 2 is 1.72 bits per heavy atom. The van der Waals surface area contributed by atoms with Crippen LogP contribution in [-0.2, 0) is 29.3 Å². The lowest BCUT2D eigenvalue weighted by Gasteiger charge is -2.38. The van der Waals surface area contributed by atoms with Crippen LogP contribution in [-0.4, -0.2) is 32.0 Å². The lowest BCUT2D eigenvalue weighted by atomic mass is 9.80. The number of nitrogens with one attached hydrogen (secondary N) is 3. The monoisotopic (exact) mass is 569 g/mol. The van der Waals surface area contributed by atoms with E-state index in [0.29, 0.717) is 5.69 Å². The van der Waals surface area contributed by atoms with Crippen LogP contribution in [0, 0.1) is 0 Å². The van der Waals surface area contributed by atoms with Gasteiger partial charge in [-0.1, -0.05) is 68.3 Å². The molecule has 7 nitrogen and oxygen atoms in total. The van der Waals surface area contributed by atoms with Gasteiger partial charge in [-0.3, -0.25) is 4.79 Å². The molecule has 1 saturated carbocycles. The van der Waals surface area contributed by atoms with E-state index in [9.17, 15) is 13.2 Å². The van der Waals surface area contributed by atoms with Gasteiger partial charge in [-0.05, 0) is 54.3 Å². The standard InChI is InChI=1S/C30H36ClN3O4S/c1-38-27-10-8-9-24(31)28(27)39(36,37)23-13-11-21(12-14-23)19-32-29(35)25-17-22-20-33-30(18-26(22)34-25)15-6-4-2-3-5-7-16-30/h8-14,17,33-34H,2-7,15-16,18-20H2,1H3,(H,32,35). The van der Waals surface area contributed by atoms with Crippen molar-refractivity contribution in [3.8, 4) is 5.75 Å². The van der Waals surface area contributed by atoms with Gasteiger partial charge in [0.25, 0.3) is 5.91 Å². The molecule has 1 fully saturated rings. The minimum Gasteiger partial charge on any atom is -0.495 e. The Hall–Kier alpha value is -2.81. The number of halogens is 1. The van der Waals surface area contributed by atoms with E-state index in [1.54, 1.807) is 24.3 Å². The molecule has 208 valence electrons. The Kier molecular flexibility index (Phi) is 8.35. The number of H-pyrrole nitrogens is 1. The van der Waals surface area contributed by atoms with Crippen molar-refractivity contribution in [1.29, 1.82) is 0 Å². The molecule has 3 aromatic rings. The van der Waals surface area contributed by atoms with Gasteiger partial charge in [-0.2, -0.15) is 0 Å². The van der Waals surface area contributed by atoms with Gasteiger partial charge in [0.1, 0.15) is 16.3 Å². The molecule has 9 heteroatoms. The highest BCUT2D eigenvalue weighted by molar-refractivity contribution is 7.91. The first-order valence-corrected chi connectivity index (χ1v) is 15.6. The van der Waals surface area contributed by atoms with Crippen molar-refractivity contribution in [2.75, 3.05) is 7.11 Å². The number of rotatable bonds is 6. The van der Waals surface area contributed by atoms with E-state index in [2.05, 4.69) is 15.6 Å². The van der Waals surface area contributed by atoms with Gasteiger partial charge >= 0.3 is 0 Å². The average molecular weight is 570 g/mol. The second kappa shape index (κ2) is 11.7. The Balaban J connectivity index is 1.23. The van der Waals surface area contributed by atoms with Crippen LogP contribution >= 0.6 is 11.6 Å². The van der Waals surface area contributed by atoms with Crippen LogP contribution in [0.4, 0.5) is 0 Å². The van der Waals surface area contributed by atoms with E-state index in [1.165, 1.54) is 82.4 Å². The number of aromatic amines is 1. The summed E-state index contributed by atoms with van der Waals surface area (Å²) in [5, 5.41) is 6.88. The zero-order valence-corrected chi connectivity index (χ0v) is 23.9. The Morgan fingerprint density at radius 3 is 2.41 bits per heavy atom. The Labute approximate surface area is 235 Å². The normalized spacial score (nSPS) is 17.5. The van der Waals surface area contributed by atoms with Crippen molar-refractivity contribution in [2.24, 2.45) is 0 Å². The highest BCUT2D eigenvalue weighted by Gasteiger charge is 2.35. The predicted molar refractivity (Wildman–Crippen MR) is 152 cm³/mol. The molecule has 1 aliphatic heterocycles. The maximum atomic E-state index is 13.2. The molecule has 2 heterocycles. The van der Waals surface area contributed by atoms with Gasteiger partial charge in [-0.25, -0.2) is 8.42 Å². The number of hydrogen-bond acceptors (Lipinski definition) is 5. The number of benzene rings is 2. The molecule has 3 N–H and O–H groups in total. The number of sulfone groups is 1. The van der Waals surface area contributed by atoms with Crippen LogP contribution in [0.5, 0.6) is 5.75 Å². The van der Waals surface area contributed by atoms with Crippen molar-refractivity contribution < 1.29 is 17.9 Å². The first kappa shape index (κ1) is 27.7. The van der Waals surface area contributed by atoms with Crippen molar-refractivity contribution in [2.45, 2.75) is 86.2 Å². The van der Waals surface area contributed by atoms with Gasteiger partial charge in [0.05, 0.1) is 17.0 Å². The smallest absolute Gasteiger partial charge is 0.267 e. The van der Waals surface area contributed by atoms with Gasteiger partial charge in [-0.15, -0.1) is 0 Å². The van der Waals surface area contributed by atoms with E-state index in [4.69, 9.17) is 16.3 Å². The summed E-state index contributed by atoms with van der Waals surface area (Å²) >= 11 is 6.20. The lowest BCUT2D eigenvalue weighted by Crippen LogP contribution is -2.49. The number of fused-ring (bicyclic) bond motifs is 1. The summed E-state index contributed by atoms with van der Waals surface area (Å²) in [7, 11) is -2.47. The fourth-order valence-electron chi connectivity index (χ4n) is 5.87. The molecule has 1 aliphatic carbocycles. The molecule has 2 aliphatic rings. The topological polar surface area (TPSA) is 100 Å². The molecular formula is C30H36ClN3O4S. The maximum Gasteiger partial charge on any atom is 0.267 e. The SMILES string of the molecule is COc1cccc(Cl)c1S(=O)(=O)c1ccc(CNC(=O)c2cc3c([nH]2)CC2(CCCCCCCC2)NC3)cc1. The first-order valence-electron chi connectivity index (χ1n) is 13.7. The summed E-state index contributed by atoms with van der Waals surface area (Å²) in [5.74, 6) is 0.0177. The third kappa shape index (κ3) is 6.03. The zero-order valence-electron chi connectivity index (χ0n) is 22.3. The minimum absolute atomic E-state index is 0.0582. The van der Waals surface area contributed by atoms with Crippen LogP contribution < -0.4 is 15.4 Å². The van der Waals surface area contributed by atoms with E-state index in [1.807, 2.05) is 6.07 Å². The summed E-state index contributed by atoms with van der Waals surface area (Å²) in [6.07, 6.45) is 11.1. The molecule has 0 radical (unpaired) electrons. The molecule has 0 saturated heterocycles. The third-order valence-electron chi connectivity index (χ3n) is 8.07. The number of carbonyl (C=O) groups is 1. The summed E-state index contributed by atoms with van der Waals surface area (Å²) in [4.78, 5) is 16.4. The lowest BCUT2D eigenvalue weighted by molar-refractivity contribution is 0.0946. The van der Waals surface area contributed by atoms with Crippen molar-refractivity contribution in [3.05, 3.63) is 76.1 Å². The van der Waals surface area contributed by atoms with Crippen LogP contribution in [0.1, 0.15) is 78.7 Å². The molecule has 5 rings (SSSR count). The van der Waals surface area contributed by atoms with Gasteiger partial charge in [0.15, 0.2) is 0 Å². The number of ether oxygens (including phenoxy) is 1. The summed E-state index contributed by atoms with van der Waals surface area (Å²) in [6.45, 7) is 1.06. The first-order chi connectivity index (χ1) is 18.8. The predicted octanol–water partition coefficient (Wildman–Crippen LogP) is 5.96. The largest absolute Gasteiger partial charge is 0.495 e. The van der Waals surface area contributed by atoms with Crippen LogP contribution in [0.25, 0.3) is 0 Å². The number of aromatic nitrogens is 1. The van der Waals surface area contributed by atoms with E-state index in [0.717, 1.165) is 24.1 Å². The van der Waals surface area contributed by atoms with Crippen molar-refractivity contribution in [1.82, 2.24) is 15.6 Å². The second-order valence-corrected chi connectivity index (χ2v) is 13.0. The average Bonchev–Trinajstić information content (AvgIpc) is 3.40. The van der Waals surface area contributed by atoms with Gasteiger partial charge in [0.2, 0.25) is 9.84 Å². The summed E-state index contributed by atoms with van der Waals surface area (Å²) < 4.78 is 31.7. The fourth-order valence-corrected chi connectivity index (χ4v) is 7.81. The number of methoxy groups -OCH3 is 1. The Bertz CT molecular complexity index is 1420. The van der Waals surface area contributed by atoms with Crippen LogP contribution in [0.15, 0.2) is 58.3 Å². The highest BCUT2D eigenvalue weighted by Crippen LogP contribution is 2.36. The number of hydrogen-bond donors (Lipinski definition) is 3. The third-order valence-corrected chi connectivity index (χ3v) is 10.4. The highest BCUT2D eigenvalue weighted by atomic mass is 35.5. The molecule has 1 amide bonds. The zero-order chi connectivity index (χ0) is 27.5. The molecule has 2 aromatic carbocycles. The van der Waals surface area contributed by atoms with E-state index in [-0.39, 0.29) is 38.6 Å². The van der Waals surface area contributed by atoms with Crippen molar-refractivity contribution in [3.63, 3.8) is 0 Å². The molecule has 1 aromatic heterocycles. The van der Waals surface area contributed by atoms with Gasteiger partial charge in [0, 0.05) is 30.7 Å². The fraction of sp³-hybridized carbons (Fsp3) is 0.433. The van der Waals surface area contributed by atoms with Crippen molar-refractivity contribution >= 4 is 27.3 Å². The van der Waals surface area contributed by atoms with Gasteiger partial charge < -0.3 is 20.4 Å². The van der Waals surface area contributed by atoms with Crippen LogP contribution in [0.3, 0.4) is 0 Å². The van der Waals surface area contributed by atoms with E-state index < -0.39 is 9.84 Å². The van der Waals surface area contributed by atoms with E-state index >= 15 is 0 Å². The molecule has 39 heavy (non-hydrogen) atoms. The molecule has 0 bridgehead atoms. The number of carbonyl (C=O) groups excluding carboxylic acids is 1. The molecular weight excluding hydrogens is 534 g/mol. The molecule has 1 spiro atoms. The maximum absolute atomic E-state index is 13.2. The summed E-state index contributed by atoms with van der Waals surface area (Å²) in [5.41, 5.74) is 3.81. The molecule has 0 unspecified atom stereocenters. The summed E-state index contributed by atoms with van der Waals surface area (Å²) in [6, 6.07) is 13.1. The Morgan fingerprint density at radius 1 is 1.03 bits per heavy atom. The quantitative estimate of drug-likeness (QED) is 0.340. The van der Waals surface area contributed by atoms with Crippen LogP contribution in [0.2, 0.25) is 5.02 Å². The molecule has 0 atom stereocenters.